The van der Waals surface area contributed by atoms with Gasteiger partial charge in [0.15, 0.2) is 0 Å². The average Bonchev–Trinajstić information content (AvgIpc) is 3.10. The Kier molecular flexibility index (Phi) is 3.84. The zero-order valence-electron chi connectivity index (χ0n) is 16.4. The molecule has 1 atom stereocenters. The van der Waals surface area contributed by atoms with Crippen molar-refractivity contribution in [2.45, 2.75) is 31.8 Å². The van der Waals surface area contributed by atoms with Crippen molar-refractivity contribution in [1.82, 2.24) is 14.9 Å². The second kappa shape index (κ2) is 6.30. The summed E-state index contributed by atoms with van der Waals surface area (Å²) in [5, 5.41) is 6.76. The van der Waals surface area contributed by atoms with E-state index in [1.54, 1.807) is 11.1 Å². The molecule has 2 amide bonds. The number of aromatic amines is 1. The van der Waals surface area contributed by atoms with Gasteiger partial charge in [-0.1, -0.05) is 48.5 Å². The van der Waals surface area contributed by atoms with Crippen LogP contribution in [0.15, 0.2) is 59.7 Å². The molecule has 5 rings (SSSR count). The standard InChI is InChI=1S/C23H22N4O2/c1-23(2)21-17(16-10-6-7-11-18(16)25-21)12-19-22(29)26(14-20(28)27(19)23)24-13-15-8-4-3-5-9-15/h3-11,13,19,25H,12,14H2,1-2H3/b24-13-/t19-/m0/s1. The maximum absolute atomic E-state index is 13.3. The highest BCUT2D eigenvalue weighted by Gasteiger charge is 2.51. The summed E-state index contributed by atoms with van der Waals surface area (Å²) in [6, 6.07) is 17.1. The molecule has 0 bridgehead atoms. The molecule has 1 N–H and O–H groups in total. The Morgan fingerprint density at radius 1 is 1.07 bits per heavy atom. The fraction of sp³-hybridized carbons (Fsp3) is 0.261. The van der Waals surface area contributed by atoms with Crippen molar-refractivity contribution in [1.29, 1.82) is 0 Å². The monoisotopic (exact) mass is 386 g/mol. The predicted octanol–water partition coefficient (Wildman–Crippen LogP) is 3.03. The lowest BCUT2D eigenvalue weighted by Gasteiger charge is -2.50. The SMILES string of the molecule is CC1(C)c2[nH]c3ccccc3c2C[C@H]2C(=O)N(/N=C\c3ccccc3)CC(=O)N21. The summed E-state index contributed by atoms with van der Waals surface area (Å²) < 4.78 is 0. The molecule has 6 nitrogen and oxygen atoms in total. The van der Waals surface area contributed by atoms with E-state index in [-0.39, 0.29) is 18.4 Å². The van der Waals surface area contributed by atoms with Crippen LogP contribution < -0.4 is 0 Å². The third-order valence-electron chi connectivity index (χ3n) is 5.98. The average molecular weight is 386 g/mol. The highest BCUT2D eigenvalue weighted by Crippen LogP contribution is 2.42. The molecule has 3 heterocycles. The van der Waals surface area contributed by atoms with E-state index < -0.39 is 11.6 Å². The number of hydrogen-bond donors (Lipinski definition) is 1. The second-order valence-electron chi connectivity index (χ2n) is 8.12. The van der Waals surface area contributed by atoms with Crippen molar-refractivity contribution in [2.24, 2.45) is 5.10 Å². The first-order valence-electron chi connectivity index (χ1n) is 9.79. The predicted molar refractivity (Wildman–Crippen MR) is 111 cm³/mol. The minimum absolute atomic E-state index is 0.0440. The number of para-hydroxylation sites is 1. The third kappa shape index (κ3) is 2.67. The fourth-order valence-electron chi connectivity index (χ4n) is 4.64. The van der Waals surface area contributed by atoms with Crippen LogP contribution in [0.3, 0.4) is 0 Å². The van der Waals surface area contributed by atoms with Crippen LogP contribution >= 0.6 is 0 Å². The van der Waals surface area contributed by atoms with Crippen LogP contribution in [-0.2, 0) is 21.5 Å². The van der Waals surface area contributed by atoms with Crippen molar-refractivity contribution < 1.29 is 9.59 Å². The van der Waals surface area contributed by atoms with Crippen molar-refractivity contribution in [2.75, 3.05) is 6.54 Å². The van der Waals surface area contributed by atoms with Gasteiger partial charge < -0.3 is 9.88 Å². The Morgan fingerprint density at radius 3 is 2.59 bits per heavy atom. The van der Waals surface area contributed by atoms with E-state index in [4.69, 9.17) is 0 Å². The number of benzene rings is 2. The number of amides is 2. The molecule has 0 radical (unpaired) electrons. The topological polar surface area (TPSA) is 68.8 Å². The Balaban J connectivity index is 1.54. The Hall–Kier alpha value is -3.41. The number of rotatable bonds is 2. The summed E-state index contributed by atoms with van der Waals surface area (Å²) in [7, 11) is 0. The molecule has 2 aromatic carbocycles. The smallest absolute Gasteiger partial charge is 0.266 e. The maximum atomic E-state index is 13.3. The third-order valence-corrected chi connectivity index (χ3v) is 5.98. The Morgan fingerprint density at radius 2 is 1.79 bits per heavy atom. The molecule has 1 aromatic heterocycles. The van der Waals surface area contributed by atoms with E-state index in [9.17, 15) is 9.59 Å². The molecular formula is C23H22N4O2. The van der Waals surface area contributed by atoms with Crippen LogP contribution in [-0.4, -0.2) is 45.5 Å². The van der Waals surface area contributed by atoms with Crippen molar-refractivity contribution in [3.05, 3.63) is 71.4 Å². The largest absolute Gasteiger partial charge is 0.356 e. The zero-order chi connectivity index (χ0) is 20.2. The van der Waals surface area contributed by atoms with Gasteiger partial charge in [-0.25, -0.2) is 5.01 Å². The summed E-state index contributed by atoms with van der Waals surface area (Å²) in [4.78, 5) is 31.6. The van der Waals surface area contributed by atoms with E-state index in [1.807, 2.05) is 62.4 Å². The molecule has 0 unspecified atom stereocenters. The zero-order valence-corrected chi connectivity index (χ0v) is 16.4. The number of nitrogens with zero attached hydrogens (tertiary/aromatic N) is 3. The Bertz CT molecular complexity index is 1150. The number of fused-ring (bicyclic) bond motifs is 4. The molecule has 2 aliphatic heterocycles. The summed E-state index contributed by atoms with van der Waals surface area (Å²) in [5.41, 5.74) is 3.45. The molecule has 1 fully saturated rings. The van der Waals surface area contributed by atoms with Gasteiger partial charge in [-0.3, -0.25) is 9.59 Å². The van der Waals surface area contributed by atoms with Gasteiger partial charge in [0.25, 0.3) is 5.91 Å². The van der Waals surface area contributed by atoms with Crippen LogP contribution in [0.2, 0.25) is 0 Å². The fourth-order valence-corrected chi connectivity index (χ4v) is 4.64. The maximum Gasteiger partial charge on any atom is 0.266 e. The van der Waals surface area contributed by atoms with Gasteiger partial charge >= 0.3 is 0 Å². The highest BCUT2D eigenvalue weighted by molar-refractivity contribution is 5.98. The van der Waals surface area contributed by atoms with Gasteiger partial charge in [0, 0.05) is 23.0 Å². The normalized spacial score (nSPS) is 21.0. The van der Waals surface area contributed by atoms with Crippen LogP contribution in [0.25, 0.3) is 10.9 Å². The lowest BCUT2D eigenvalue weighted by Crippen LogP contribution is -2.66. The van der Waals surface area contributed by atoms with Gasteiger partial charge in [-0.2, -0.15) is 5.10 Å². The summed E-state index contributed by atoms with van der Waals surface area (Å²) in [6.45, 7) is 3.96. The first kappa shape index (κ1) is 17.7. The summed E-state index contributed by atoms with van der Waals surface area (Å²) >= 11 is 0. The highest BCUT2D eigenvalue weighted by atomic mass is 16.2. The minimum Gasteiger partial charge on any atom is -0.356 e. The van der Waals surface area contributed by atoms with Crippen molar-refractivity contribution in [3.63, 3.8) is 0 Å². The molecule has 6 heteroatoms. The minimum atomic E-state index is -0.598. The van der Waals surface area contributed by atoms with Crippen LogP contribution in [0.5, 0.6) is 0 Å². The van der Waals surface area contributed by atoms with Gasteiger partial charge in [-0.15, -0.1) is 0 Å². The number of hydrazone groups is 1. The Labute approximate surface area is 168 Å². The number of hydrogen-bond acceptors (Lipinski definition) is 3. The van der Waals surface area contributed by atoms with E-state index in [0.717, 1.165) is 27.7 Å². The van der Waals surface area contributed by atoms with Crippen molar-refractivity contribution in [3.8, 4) is 0 Å². The molecule has 0 aliphatic carbocycles. The van der Waals surface area contributed by atoms with Crippen LogP contribution in [0.1, 0.15) is 30.7 Å². The molecule has 1 saturated heterocycles. The van der Waals surface area contributed by atoms with Crippen LogP contribution in [0.4, 0.5) is 0 Å². The molecule has 29 heavy (non-hydrogen) atoms. The number of aromatic nitrogens is 1. The van der Waals surface area contributed by atoms with Crippen molar-refractivity contribution >= 4 is 28.9 Å². The van der Waals surface area contributed by atoms with E-state index in [0.29, 0.717) is 6.42 Å². The second-order valence-corrected chi connectivity index (χ2v) is 8.12. The van der Waals surface area contributed by atoms with Gasteiger partial charge in [0.1, 0.15) is 12.6 Å². The molecule has 3 aromatic rings. The molecule has 2 aliphatic rings. The molecular weight excluding hydrogens is 364 g/mol. The van der Waals surface area contributed by atoms with Gasteiger partial charge in [0.2, 0.25) is 5.91 Å². The number of nitrogens with one attached hydrogen (secondary N) is 1. The molecule has 0 spiro atoms. The summed E-state index contributed by atoms with van der Waals surface area (Å²) in [6.07, 6.45) is 2.12. The lowest BCUT2D eigenvalue weighted by molar-refractivity contribution is -0.163. The lowest BCUT2D eigenvalue weighted by atomic mass is 9.82. The first-order valence-corrected chi connectivity index (χ1v) is 9.79. The quantitative estimate of drug-likeness (QED) is 0.688. The van der Waals surface area contributed by atoms with E-state index in [1.165, 1.54) is 5.01 Å². The molecule has 146 valence electrons. The first-order chi connectivity index (χ1) is 14.0. The van der Waals surface area contributed by atoms with Crippen LogP contribution in [0, 0.1) is 0 Å². The summed E-state index contributed by atoms with van der Waals surface area (Å²) in [5.74, 6) is -0.227. The number of carbonyl (C=O) groups excluding carboxylic acids is 2. The van der Waals surface area contributed by atoms with E-state index in [2.05, 4.69) is 16.2 Å². The van der Waals surface area contributed by atoms with E-state index >= 15 is 0 Å². The van der Waals surface area contributed by atoms with Gasteiger partial charge in [-0.05, 0) is 31.0 Å². The molecule has 0 saturated carbocycles. The number of carbonyl (C=O) groups is 2. The van der Waals surface area contributed by atoms with Gasteiger partial charge in [0.05, 0.1) is 11.8 Å². The number of H-pyrrole nitrogens is 1. The number of piperazine rings is 1.